The molecule has 0 spiro atoms. The van der Waals surface area contributed by atoms with Crippen LogP contribution in [-0.4, -0.2) is 12.8 Å². The van der Waals surface area contributed by atoms with E-state index in [9.17, 15) is 4.79 Å². The summed E-state index contributed by atoms with van der Waals surface area (Å²) in [5.41, 5.74) is 2.91. The second kappa shape index (κ2) is 4.19. The molecule has 0 aromatic heterocycles. The SMILES string of the molecule is CNC1=C(c2ccc(Br)cc2)C(=O)CC1. The van der Waals surface area contributed by atoms with Gasteiger partial charge in [-0.15, -0.1) is 0 Å². The molecule has 0 fully saturated rings. The fourth-order valence-electron chi connectivity index (χ4n) is 1.86. The number of halogens is 1. The van der Waals surface area contributed by atoms with Gasteiger partial charge in [0.25, 0.3) is 0 Å². The van der Waals surface area contributed by atoms with Gasteiger partial charge in [-0.3, -0.25) is 4.79 Å². The highest BCUT2D eigenvalue weighted by Gasteiger charge is 2.23. The summed E-state index contributed by atoms with van der Waals surface area (Å²) in [6.45, 7) is 0. The van der Waals surface area contributed by atoms with E-state index >= 15 is 0 Å². The topological polar surface area (TPSA) is 29.1 Å². The normalized spacial score (nSPS) is 16.0. The first-order valence-corrected chi connectivity index (χ1v) is 5.71. The molecule has 0 amide bonds. The van der Waals surface area contributed by atoms with Crippen molar-refractivity contribution in [3.05, 3.63) is 40.0 Å². The lowest BCUT2D eigenvalue weighted by molar-refractivity contribution is -0.113. The van der Waals surface area contributed by atoms with Gasteiger partial charge in [0.1, 0.15) is 0 Å². The van der Waals surface area contributed by atoms with Crippen molar-refractivity contribution in [2.45, 2.75) is 12.8 Å². The van der Waals surface area contributed by atoms with Gasteiger partial charge in [0.15, 0.2) is 5.78 Å². The minimum absolute atomic E-state index is 0.238. The van der Waals surface area contributed by atoms with E-state index < -0.39 is 0 Å². The zero-order chi connectivity index (χ0) is 10.8. The van der Waals surface area contributed by atoms with E-state index in [2.05, 4.69) is 21.2 Å². The van der Waals surface area contributed by atoms with Crippen LogP contribution in [0.1, 0.15) is 18.4 Å². The number of ketones is 1. The Morgan fingerprint density at radius 2 is 1.87 bits per heavy atom. The molecule has 3 heteroatoms. The third-order valence-electron chi connectivity index (χ3n) is 2.62. The molecule has 2 rings (SSSR count). The second-order valence-electron chi connectivity index (χ2n) is 3.53. The zero-order valence-corrected chi connectivity index (χ0v) is 10.1. The van der Waals surface area contributed by atoms with Crippen LogP contribution >= 0.6 is 15.9 Å². The molecule has 0 atom stereocenters. The van der Waals surface area contributed by atoms with E-state index in [0.717, 1.165) is 27.7 Å². The Hall–Kier alpha value is -1.09. The highest BCUT2D eigenvalue weighted by Crippen LogP contribution is 2.29. The van der Waals surface area contributed by atoms with Crippen LogP contribution in [-0.2, 0) is 4.79 Å². The molecule has 0 unspecified atom stereocenters. The van der Waals surface area contributed by atoms with E-state index in [4.69, 9.17) is 0 Å². The predicted molar refractivity (Wildman–Crippen MR) is 64.4 cm³/mol. The average Bonchev–Trinajstić information content (AvgIpc) is 2.61. The molecule has 0 saturated carbocycles. The summed E-state index contributed by atoms with van der Waals surface area (Å²) in [5, 5.41) is 3.10. The Kier molecular flexibility index (Phi) is 2.91. The van der Waals surface area contributed by atoms with E-state index in [0.29, 0.717) is 6.42 Å². The molecule has 0 bridgehead atoms. The molecule has 2 nitrogen and oxygen atoms in total. The van der Waals surface area contributed by atoms with Gasteiger partial charge < -0.3 is 5.32 Å². The van der Waals surface area contributed by atoms with E-state index in [-0.39, 0.29) is 5.78 Å². The van der Waals surface area contributed by atoms with E-state index in [1.165, 1.54) is 0 Å². The minimum atomic E-state index is 0.238. The Bertz CT molecular complexity index is 420. The van der Waals surface area contributed by atoms with Crippen molar-refractivity contribution < 1.29 is 4.79 Å². The van der Waals surface area contributed by atoms with Crippen molar-refractivity contribution in [1.82, 2.24) is 5.32 Å². The van der Waals surface area contributed by atoms with Gasteiger partial charge >= 0.3 is 0 Å². The highest BCUT2D eigenvalue weighted by molar-refractivity contribution is 9.10. The largest absolute Gasteiger partial charge is 0.391 e. The molecule has 15 heavy (non-hydrogen) atoms. The van der Waals surface area contributed by atoms with Gasteiger partial charge in [0, 0.05) is 29.2 Å². The molecule has 0 radical (unpaired) electrons. The first-order valence-electron chi connectivity index (χ1n) is 4.92. The first-order chi connectivity index (χ1) is 7.22. The maximum atomic E-state index is 11.7. The monoisotopic (exact) mass is 265 g/mol. The van der Waals surface area contributed by atoms with Crippen LogP contribution in [0.25, 0.3) is 5.57 Å². The van der Waals surface area contributed by atoms with Crippen molar-refractivity contribution in [2.24, 2.45) is 0 Å². The maximum absolute atomic E-state index is 11.7. The third-order valence-corrected chi connectivity index (χ3v) is 3.15. The molecule has 0 saturated heterocycles. The molecule has 0 heterocycles. The number of allylic oxidation sites excluding steroid dienone is 2. The summed E-state index contributed by atoms with van der Waals surface area (Å²) in [6, 6.07) is 7.86. The Labute approximate surface area is 97.5 Å². The molecule has 78 valence electrons. The summed E-state index contributed by atoms with van der Waals surface area (Å²) in [5.74, 6) is 0.238. The Morgan fingerprint density at radius 1 is 1.20 bits per heavy atom. The van der Waals surface area contributed by atoms with E-state index in [1.54, 1.807) is 0 Å². The van der Waals surface area contributed by atoms with Crippen molar-refractivity contribution in [3.8, 4) is 0 Å². The van der Waals surface area contributed by atoms with Gasteiger partial charge in [-0.25, -0.2) is 0 Å². The number of hydrogen-bond donors (Lipinski definition) is 1. The van der Waals surface area contributed by atoms with Gasteiger partial charge in [-0.1, -0.05) is 28.1 Å². The molecule has 1 aromatic carbocycles. The van der Waals surface area contributed by atoms with Crippen LogP contribution in [0.15, 0.2) is 34.4 Å². The molecular weight excluding hydrogens is 254 g/mol. The lowest BCUT2D eigenvalue weighted by Gasteiger charge is -2.05. The number of carbonyl (C=O) groups excluding carboxylic acids is 1. The molecule has 0 aliphatic heterocycles. The van der Waals surface area contributed by atoms with Gasteiger partial charge in [0.2, 0.25) is 0 Å². The lowest BCUT2D eigenvalue weighted by atomic mass is 10.0. The van der Waals surface area contributed by atoms with E-state index in [1.807, 2.05) is 31.3 Å². The highest BCUT2D eigenvalue weighted by atomic mass is 79.9. The third kappa shape index (κ3) is 1.97. The van der Waals surface area contributed by atoms with Crippen LogP contribution < -0.4 is 5.32 Å². The predicted octanol–water partition coefficient (Wildman–Crippen LogP) is 2.74. The average molecular weight is 266 g/mol. The molecule has 1 aromatic rings. The fraction of sp³-hybridized carbons (Fsp3) is 0.250. The van der Waals surface area contributed by atoms with Crippen LogP contribution in [0.3, 0.4) is 0 Å². The van der Waals surface area contributed by atoms with Crippen LogP contribution in [0, 0.1) is 0 Å². The Morgan fingerprint density at radius 3 is 2.47 bits per heavy atom. The summed E-state index contributed by atoms with van der Waals surface area (Å²) in [4.78, 5) is 11.7. The zero-order valence-electron chi connectivity index (χ0n) is 8.51. The molecule has 1 N–H and O–H groups in total. The number of carbonyl (C=O) groups is 1. The Balaban J connectivity index is 2.44. The van der Waals surface area contributed by atoms with Crippen molar-refractivity contribution >= 4 is 27.3 Å². The lowest BCUT2D eigenvalue weighted by Crippen LogP contribution is -2.06. The smallest absolute Gasteiger partial charge is 0.165 e. The van der Waals surface area contributed by atoms with Crippen LogP contribution in [0.5, 0.6) is 0 Å². The number of hydrogen-bond acceptors (Lipinski definition) is 2. The minimum Gasteiger partial charge on any atom is -0.391 e. The fourth-order valence-corrected chi connectivity index (χ4v) is 2.12. The van der Waals surface area contributed by atoms with Gasteiger partial charge in [0.05, 0.1) is 0 Å². The molecule has 1 aliphatic carbocycles. The maximum Gasteiger partial charge on any atom is 0.165 e. The van der Waals surface area contributed by atoms with Gasteiger partial charge in [-0.2, -0.15) is 0 Å². The summed E-state index contributed by atoms with van der Waals surface area (Å²) >= 11 is 3.38. The molecule has 1 aliphatic rings. The number of nitrogens with one attached hydrogen (secondary N) is 1. The molecular formula is C12H12BrNO. The number of benzene rings is 1. The number of rotatable bonds is 2. The summed E-state index contributed by atoms with van der Waals surface area (Å²) in [7, 11) is 1.87. The van der Waals surface area contributed by atoms with Crippen LogP contribution in [0.2, 0.25) is 0 Å². The van der Waals surface area contributed by atoms with Crippen LogP contribution in [0.4, 0.5) is 0 Å². The standard InChI is InChI=1S/C12H12BrNO/c1-14-10-6-7-11(15)12(10)8-2-4-9(13)5-3-8/h2-5,14H,6-7H2,1H3. The quantitative estimate of drug-likeness (QED) is 0.891. The van der Waals surface area contributed by atoms with Gasteiger partial charge in [-0.05, 0) is 24.1 Å². The summed E-state index contributed by atoms with van der Waals surface area (Å²) < 4.78 is 1.03. The summed E-state index contributed by atoms with van der Waals surface area (Å²) in [6.07, 6.45) is 1.46. The van der Waals surface area contributed by atoms with Crippen molar-refractivity contribution in [2.75, 3.05) is 7.05 Å². The number of Topliss-reactive ketones (excluding diaryl/α,β-unsaturated/α-hetero) is 1. The first kappa shape index (κ1) is 10.4. The van der Waals surface area contributed by atoms with Crippen molar-refractivity contribution in [1.29, 1.82) is 0 Å². The second-order valence-corrected chi connectivity index (χ2v) is 4.45. The van der Waals surface area contributed by atoms with Crippen molar-refractivity contribution in [3.63, 3.8) is 0 Å².